The van der Waals surface area contributed by atoms with Gasteiger partial charge < -0.3 is 5.32 Å². The van der Waals surface area contributed by atoms with Gasteiger partial charge in [-0.05, 0) is 19.3 Å². The standard InChI is InChI=1S/C14H23N3O2/c1-2-11-10-17(14(19)16-13(11)18)9-8-15-12-6-4-3-5-7-12/h10,12,15H,2-9H2,1H3,(H,16,18,19). The molecule has 19 heavy (non-hydrogen) atoms. The Morgan fingerprint density at radius 1 is 1.32 bits per heavy atom. The summed E-state index contributed by atoms with van der Waals surface area (Å²) in [5.74, 6) is 0. The van der Waals surface area contributed by atoms with E-state index in [9.17, 15) is 9.59 Å². The minimum atomic E-state index is -0.312. The van der Waals surface area contributed by atoms with Gasteiger partial charge in [0.05, 0.1) is 0 Å². The summed E-state index contributed by atoms with van der Waals surface area (Å²) < 4.78 is 1.59. The van der Waals surface area contributed by atoms with Gasteiger partial charge in [0.2, 0.25) is 0 Å². The molecule has 1 saturated carbocycles. The second-order valence-corrected chi connectivity index (χ2v) is 5.25. The molecule has 0 radical (unpaired) electrons. The third-order valence-electron chi connectivity index (χ3n) is 3.86. The predicted molar refractivity (Wildman–Crippen MR) is 75.6 cm³/mol. The van der Waals surface area contributed by atoms with Gasteiger partial charge >= 0.3 is 5.69 Å². The first kappa shape index (κ1) is 14.1. The van der Waals surface area contributed by atoms with Crippen molar-refractivity contribution in [1.82, 2.24) is 14.9 Å². The predicted octanol–water partition coefficient (Wildman–Crippen LogP) is 1.02. The lowest BCUT2D eigenvalue weighted by Crippen LogP contribution is -2.37. The van der Waals surface area contributed by atoms with E-state index >= 15 is 0 Å². The van der Waals surface area contributed by atoms with Crippen molar-refractivity contribution >= 4 is 0 Å². The van der Waals surface area contributed by atoms with Gasteiger partial charge in [-0.3, -0.25) is 14.3 Å². The highest BCUT2D eigenvalue weighted by atomic mass is 16.2. The third-order valence-corrected chi connectivity index (χ3v) is 3.86. The van der Waals surface area contributed by atoms with Crippen molar-refractivity contribution in [3.05, 3.63) is 32.6 Å². The maximum absolute atomic E-state index is 11.7. The van der Waals surface area contributed by atoms with Crippen LogP contribution in [0.2, 0.25) is 0 Å². The summed E-state index contributed by atoms with van der Waals surface area (Å²) in [5.41, 5.74) is 0.0916. The van der Waals surface area contributed by atoms with E-state index in [1.54, 1.807) is 10.8 Å². The quantitative estimate of drug-likeness (QED) is 0.835. The van der Waals surface area contributed by atoms with E-state index in [-0.39, 0.29) is 11.2 Å². The van der Waals surface area contributed by atoms with Gasteiger partial charge in [0.1, 0.15) is 0 Å². The number of H-pyrrole nitrogens is 1. The molecule has 1 aromatic rings. The van der Waals surface area contributed by atoms with Crippen molar-refractivity contribution < 1.29 is 0 Å². The molecule has 0 saturated heterocycles. The number of rotatable bonds is 5. The molecular weight excluding hydrogens is 242 g/mol. The summed E-state index contributed by atoms with van der Waals surface area (Å²) in [7, 11) is 0. The molecular formula is C14H23N3O2. The lowest BCUT2D eigenvalue weighted by molar-refractivity contribution is 0.366. The molecule has 0 amide bonds. The van der Waals surface area contributed by atoms with Crippen molar-refractivity contribution in [2.45, 2.75) is 58.0 Å². The molecule has 1 fully saturated rings. The fourth-order valence-electron chi connectivity index (χ4n) is 2.67. The zero-order chi connectivity index (χ0) is 13.7. The molecule has 0 spiro atoms. The number of hydrogen-bond acceptors (Lipinski definition) is 3. The Hall–Kier alpha value is -1.36. The van der Waals surface area contributed by atoms with Gasteiger partial charge in [0.25, 0.3) is 5.56 Å². The van der Waals surface area contributed by atoms with E-state index in [1.807, 2.05) is 6.92 Å². The molecule has 106 valence electrons. The normalized spacial score (nSPS) is 16.7. The minimum Gasteiger partial charge on any atom is -0.312 e. The first-order chi connectivity index (χ1) is 9.20. The van der Waals surface area contributed by atoms with Gasteiger partial charge in [-0.2, -0.15) is 0 Å². The summed E-state index contributed by atoms with van der Waals surface area (Å²) in [4.78, 5) is 25.5. The van der Waals surface area contributed by atoms with Crippen LogP contribution in [-0.4, -0.2) is 22.1 Å². The first-order valence-electron chi connectivity index (χ1n) is 7.26. The molecule has 0 atom stereocenters. The fourth-order valence-corrected chi connectivity index (χ4v) is 2.67. The van der Waals surface area contributed by atoms with Gasteiger partial charge in [-0.25, -0.2) is 4.79 Å². The number of aryl methyl sites for hydroxylation is 1. The van der Waals surface area contributed by atoms with Crippen molar-refractivity contribution in [3.8, 4) is 0 Å². The van der Waals surface area contributed by atoms with Gasteiger partial charge in [0.15, 0.2) is 0 Å². The Bertz CT molecular complexity index is 512. The van der Waals surface area contributed by atoms with Crippen LogP contribution in [0.3, 0.4) is 0 Å². The Kier molecular flexibility index (Phi) is 4.96. The molecule has 5 nitrogen and oxygen atoms in total. The van der Waals surface area contributed by atoms with Crippen LogP contribution < -0.4 is 16.6 Å². The van der Waals surface area contributed by atoms with E-state index in [0.717, 1.165) is 6.54 Å². The zero-order valence-electron chi connectivity index (χ0n) is 11.6. The average molecular weight is 265 g/mol. The molecule has 1 heterocycles. The van der Waals surface area contributed by atoms with Crippen molar-refractivity contribution in [1.29, 1.82) is 0 Å². The van der Waals surface area contributed by atoms with E-state index in [2.05, 4.69) is 10.3 Å². The maximum Gasteiger partial charge on any atom is 0.328 e. The van der Waals surface area contributed by atoms with Gasteiger partial charge in [-0.15, -0.1) is 0 Å². The third kappa shape index (κ3) is 3.80. The minimum absolute atomic E-state index is 0.260. The maximum atomic E-state index is 11.7. The van der Waals surface area contributed by atoms with Crippen LogP contribution in [0.5, 0.6) is 0 Å². The highest BCUT2D eigenvalue weighted by Gasteiger charge is 2.12. The first-order valence-corrected chi connectivity index (χ1v) is 7.26. The second-order valence-electron chi connectivity index (χ2n) is 5.25. The van der Waals surface area contributed by atoms with Crippen LogP contribution in [0.1, 0.15) is 44.6 Å². The molecule has 0 aliphatic heterocycles. The van der Waals surface area contributed by atoms with Crippen LogP contribution in [0, 0.1) is 0 Å². The van der Waals surface area contributed by atoms with Crippen molar-refractivity contribution in [2.24, 2.45) is 0 Å². The topological polar surface area (TPSA) is 66.9 Å². The fraction of sp³-hybridized carbons (Fsp3) is 0.714. The van der Waals surface area contributed by atoms with E-state index in [0.29, 0.717) is 24.6 Å². The molecule has 1 aliphatic rings. The summed E-state index contributed by atoms with van der Waals surface area (Å²) in [6, 6.07) is 0.595. The Labute approximate surface area is 113 Å². The Morgan fingerprint density at radius 2 is 2.05 bits per heavy atom. The number of nitrogens with one attached hydrogen (secondary N) is 2. The summed E-state index contributed by atoms with van der Waals surface area (Å²) in [6.45, 7) is 3.30. The molecule has 5 heteroatoms. The van der Waals surface area contributed by atoms with Crippen molar-refractivity contribution in [3.63, 3.8) is 0 Å². The number of aromatic nitrogens is 2. The van der Waals surface area contributed by atoms with Crippen LogP contribution in [-0.2, 0) is 13.0 Å². The molecule has 0 bridgehead atoms. The van der Waals surface area contributed by atoms with Crippen LogP contribution in [0.4, 0.5) is 0 Å². The molecule has 1 aromatic heterocycles. The summed E-state index contributed by atoms with van der Waals surface area (Å²) in [5, 5.41) is 3.50. The van der Waals surface area contributed by atoms with Crippen LogP contribution in [0.25, 0.3) is 0 Å². The lowest BCUT2D eigenvalue weighted by Gasteiger charge is -2.22. The van der Waals surface area contributed by atoms with Crippen LogP contribution in [0.15, 0.2) is 15.8 Å². The zero-order valence-corrected chi connectivity index (χ0v) is 11.6. The SMILES string of the molecule is CCc1cn(CCNC2CCCCC2)c(=O)[nH]c1=O. The average Bonchev–Trinajstić information content (AvgIpc) is 2.42. The van der Waals surface area contributed by atoms with E-state index < -0.39 is 0 Å². The van der Waals surface area contributed by atoms with Gasteiger partial charge in [0, 0.05) is 30.9 Å². The van der Waals surface area contributed by atoms with E-state index in [4.69, 9.17) is 0 Å². The Balaban J connectivity index is 1.91. The number of hydrogen-bond donors (Lipinski definition) is 2. The molecule has 2 N–H and O–H groups in total. The molecule has 2 rings (SSSR count). The summed E-state index contributed by atoms with van der Waals surface area (Å²) >= 11 is 0. The highest BCUT2D eigenvalue weighted by Crippen LogP contribution is 2.16. The van der Waals surface area contributed by atoms with Crippen molar-refractivity contribution in [2.75, 3.05) is 6.54 Å². The van der Waals surface area contributed by atoms with Crippen LogP contribution >= 0.6 is 0 Å². The molecule has 0 unspecified atom stereocenters. The van der Waals surface area contributed by atoms with Gasteiger partial charge in [-0.1, -0.05) is 26.2 Å². The molecule has 1 aliphatic carbocycles. The van der Waals surface area contributed by atoms with E-state index in [1.165, 1.54) is 32.1 Å². The lowest BCUT2D eigenvalue weighted by atomic mass is 9.95. The number of aromatic amines is 1. The monoisotopic (exact) mass is 265 g/mol. The largest absolute Gasteiger partial charge is 0.328 e. The molecule has 0 aromatic carbocycles. The Morgan fingerprint density at radius 3 is 2.74 bits per heavy atom. The second kappa shape index (κ2) is 6.70. The highest BCUT2D eigenvalue weighted by molar-refractivity contribution is 5.03. The number of nitrogens with zero attached hydrogens (tertiary/aromatic N) is 1. The smallest absolute Gasteiger partial charge is 0.312 e. The summed E-state index contributed by atoms with van der Waals surface area (Å²) in [6.07, 6.45) is 8.75.